The summed E-state index contributed by atoms with van der Waals surface area (Å²) < 4.78 is 0.501. The van der Waals surface area contributed by atoms with E-state index in [4.69, 9.17) is 10.2 Å². The second-order valence-corrected chi connectivity index (χ2v) is 11.2. The molecular formula is C30H46N5O8+. The van der Waals surface area contributed by atoms with E-state index in [1.54, 1.807) is 12.1 Å². The van der Waals surface area contributed by atoms with E-state index >= 15 is 0 Å². The third-order valence-corrected chi connectivity index (χ3v) is 7.41. The number of hydrogen-bond donors (Lipinski definition) is 8. The van der Waals surface area contributed by atoms with Crippen molar-refractivity contribution in [3.63, 3.8) is 0 Å². The summed E-state index contributed by atoms with van der Waals surface area (Å²) in [4.78, 5) is 29.2. The number of aromatic hydroxyl groups is 2. The van der Waals surface area contributed by atoms with Gasteiger partial charge in [-0.25, -0.2) is 0 Å². The number of amides is 1. The van der Waals surface area contributed by atoms with Crippen LogP contribution in [-0.2, 0) is 17.9 Å². The number of carbonyl (C=O) groups excluding carboxylic acids is 1. The topological polar surface area (TPSA) is 189 Å². The Kier molecular flexibility index (Phi) is 13.3. The van der Waals surface area contributed by atoms with Gasteiger partial charge in [-0.1, -0.05) is 12.1 Å². The number of aliphatic hydroxyl groups excluding tert-OH is 4. The predicted octanol–water partition coefficient (Wildman–Crippen LogP) is 0.458. The van der Waals surface area contributed by atoms with Crippen LogP contribution in [0.4, 0.5) is 11.4 Å². The molecule has 1 heterocycles. The molecule has 1 fully saturated rings. The molecular weight excluding hydrogens is 558 g/mol. The van der Waals surface area contributed by atoms with Gasteiger partial charge in [-0.3, -0.25) is 14.6 Å². The van der Waals surface area contributed by atoms with E-state index < -0.39 is 31.3 Å². The van der Waals surface area contributed by atoms with E-state index in [1.165, 1.54) is 0 Å². The van der Waals surface area contributed by atoms with E-state index in [0.717, 1.165) is 50.1 Å². The van der Waals surface area contributed by atoms with Gasteiger partial charge in [-0.15, -0.1) is 0 Å². The fourth-order valence-electron chi connectivity index (χ4n) is 5.14. The van der Waals surface area contributed by atoms with Gasteiger partial charge in [0.05, 0.1) is 18.9 Å². The molecule has 2 aromatic rings. The van der Waals surface area contributed by atoms with Crippen molar-refractivity contribution in [2.75, 3.05) is 64.3 Å². The molecule has 1 aliphatic heterocycles. The number of phenolic OH excluding ortho intramolecular Hbond substituents is 2. The second-order valence-electron chi connectivity index (χ2n) is 11.2. The van der Waals surface area contributed by atoms with Crippen LogP contribution in [0.2, 0.25) is 0 Å². The Balaban J connectivity index is 1.79. The molecule has 0 radical (unpaired) electrons. The summed E-state index contributed by atoms with van der Waals surface area (Å²) in [6, 6.07) is 6.85. The van der Waals surface area contributed by atoms with Gasteiger partial charge in [0, 0.05) is 53.0 Å². The molecule has 1 saturated heterocycles. The van der Waals surface area contributed by atoms with Gasteiger partial charge in [0.15, 0.2) is 11.9 Å². The SMILES string of the molecule is Cc1cc(CN2CCCNCCCN(Cc3cc(C)cc([N+](=O)CC(O)CO)c3O)CC2)c(O)c(NC(=O)C(O)CO)c1. The fraction of sp³-hybridized carbons (Fsp3) is 0.567. The molecule has 2 unspecified atom stereocenters. The van der Waals surface area contributed by atoms with Crippen LogP contribution in [-0.4, -0.2) is 122 Å². The quantitative estimate of drug-likeness (QED) is 0.131. The maximum Gasteiger partial charge on any atom is 0.298 e. The number of benzene rings is 2. The molecule has 2 aromatic carbocycles. The Morgan fingerprint density at radius 3 is 2.00 bits per heavy atom. The minimum absolute atomic E-state index is 0.0491. The molecule has 8 N–H and O–H groups in total. The van der Waals surface area contributed by atoms with Crippen molar-refractivity contribution in [3.8, 4) is 11.5 Å². The molecule has 3 rings (SSSR count). The first kappa shape index (κ1) is 34.3. The van der Waals surface area contributed by atoms with Gasteiger partial charge >= 0.3 is 0 Å². The Bertz CT molecular complexity index is 1240. The van der Waals surface area contributed by atoms with E-state index in [2.05, 4.69) is 20.4 Å². The number of rotatable bonds is 11. The summed E-state index contributed by atoms with van der Waals surface area (Å²) >= 11 is 0. The van der Waals surface area contributed by atoms with Gasteiger partial charge in [0.25, 0.3) is 11.6 Å². The lowest BCUT2D eigenvalue weighted by molar-refractivity contribution is -0.475. The normalized spacial score (nSPS) is 17.2. The molecule has 1 aliphatic rings. The van der Waals surface area contributed by atoms with Crippen molar-refractivity contribution in [3.05, 3.63) is 51.4 Å². The molecule has 0 aromatic heterocycles. The third kappa shape index (κ3) is 10.2. The molecule has 13 nitrogen and oxygen atoms in total. The number of carbonyl (C=O) groups is 1. The third-order valence-electron chi connectivity index (χ3n) is 7.41. The van der Waals surface area contributed by atoms with Crippen LogP contribution in [0, 0.1) is 18.8 Å². The molecule has 0 saturated carbocycles. The van der Waals surface area contributed by atoms with Gasteiger partial charge < -0.3 is 41.3 Å². The van der Waals surface area contributed by atoms with E-state index in [-0.39, 0.29) is 29.4 Å². The largest absolute Gasteiger partial charge is 0.505 e. The summed E-state index contributed by atoms with van der Waals surface area (Å²) in [5, 5.41) is 65.4. The molecule has 1 amide bonds. The highest BCUT2D eigenvalue weighted by molar-refractivity contribution is 5.95. The average molecular weight is 605 g/mol. The van der Waals surface area contributed by atoms with Crippen molar-refractivity contribution < 1.29 is 40.2 Å². The zero-order chi connectivity index (χ0) is 31.5. The Labute approximate surface area is 252 Å². The van der Waals surface area contributed by atoms with Crippen molar-refractivity contribution in [1.29, 1.82) is 0 Å². The maximum atomic E-state index is 12.6. The van der Waals surface area contributed by atoms with Crippen LogP contribution in [0.25, 0.3) is 0 Å². The number of phenols is 2. The summed E-state index contributed by atoms with van der Waals surface area (Å²) in [6.45, 7) is 7.27. The highest BCUT2D eigenvalue weighted by Gasteiger charge is 2.26. The molecule has 238 valence electrons. The second kappa shape index (κ2) is 16.6. The van der Waals surface area contributed by atoms with Crippen LogP contribution in [0.15, 0.2) is 24.3 Å². The smallest absolute Gasteiger partial charge is 0.298 e. The summed E-state index contributed by atoms with van der Waals surface area (Å²) in [5.41, 5.74) is 3.02. The molecule has 0 spiro atoms. The summed E-state index contributed by atoms with van der Waals surface area (Å²) in [5.74, 6) is -1.06. The monoisotopic (exact) mass is 604 g/mol. The maximum absolute atomic E-state index is 12.6. The standard InChI is InChI=1S/C30H45N5O8/c1-20-11-22(28(40)25(13-20)32-30(42)27(39)19-37)15-33-7-3-5-31-6-4-8-34(10-9-33)16-23-12-21(2)14-26(29(23)41)35(43)17-24(38)18-36/h11-14,24,27,31,36-39H,3-10,15-19H2,1-2H3,(H2-,32,40,41,42,43)/p+1. The van der Waals surface area contributed by atoms with Crippen LogP contribution in [0.5, 0.6) is 11.5 Å². The molecule has 13 heteroatoms. The minimum atomic E-state index is -1.60. The number of nitrogens with zero attached hydrogens (tertiary/aromatic N) is 3. The van der Waals surface area contributed by atoms with Crippen LogP contribution < -0.4 is 10.6 Å². The van der Waals surface area contributed by atoms with E-state index in [1.807, 2.05) is 26.0 Å². The minimum Gasteiger partial charge on any atom is -0.505 e. The first-order chi connectivity index (χ1) is 20.5. The molecule has 0 bridgehead atoms. The highest BCUT2D eigenvalue weighted by atomic mass is 16.3. The Morgan fingerprint density at radius 1 is 0.884 bits per heavy atom. The van der Waals surface area contributed by atoms with Crippen LogP contribution in [0.1, 0.15) is 35.1 Å². The lowest BCUT2D eigenvalue weighted by Crippen LogP contribution is -2.36. The number of nitrogens with one attached hydrogen (secondary N) is 2. The van der Waals surface area contributed by atoms with Crippen molar-refractivity contribution in [2.45, 2.75) is 52.0 Å². The lowest BCUT2D eigenvalue weighted by atomic mass is 10.1. The van der Waals surface area contributed by atoms with Gasteiger partial charge in [-0.05, 0) is 70.1 Å². The van der Waals surface area contributed by atoms with E-state index in [0.29, 0.717) is 42.1 Å². The van der Waals surface area contributed by atoms with Crippen LogP contribution in [0.3, 0.4) is 0 Å². The van der Waals surface area contributed by atoms with Gasteiger partial charge in [0.1, 0.15) is 11.9 Å². The molecule has 2 atom stereocenters. The number of aryl methyl sites for hydroxylation is 2. The number of nitroso groups, excluding NO2 is 1. The Hall–Kier alpha value is -3.17. The first-order valence-corrected chi connectivity index (χ1v) is 14.7. The van der Waals surface area contributed by atoms with Gasteiger partial charge in [-0.2, -0.15) is 0 Å². The lowest BCUT2D eigenvalue weighted by Gasteiger charge is -2.28. The number of aliphatic hydroxyl groups is 4. The van der Waals surface area contributed by atoms with Crippen LogP contribution >= 0.6 is 0 Å². The van der Waals surface area contributed by atoms with Crippen molar-refractivity contribution in [1.82, 2.24) is 15.1 Å². The average Bonchev–Trinajstić information content (AvgIpc) is 3.02. The number of anilines is 1. The Morgan fingerprint density at radius 2 is 1.44 bits per heavy atom. The van der Waals surface area contributed by atoms with Crippen molar-refractivity contribution in [2.24, 2.45) is 0 Å². The zero-order valence-corrected chi connectivity index (χ0v) is 25.0. The summed E-state index contributed by atoms with van der Waals surface area (Å²) in [7, 11) is 0. The number of hydrogen-bond acceptors (Lipinski definition) is 11. The molecule has 43 heavy (non-hydrogen) atoms. The van der Waals surface area contributed by atoms with Crippen molar-refractivity contribution >= 4 is 17.3 Å². The zero-order valence-electron chi connectivity index (χ0n) is 25.0. The highest BCUT2D eigenvalue weighted by Crippen LogP contribution is 2.33. The summed E-state index contributed by atoms with van der Waals surface area (Å²) in [6.07, 6.45) is -1.05. The fourth-order valence-corrected chi connectivity index (χ4v) is 5.14. The predicted molar refractivity (Wildman–Crippen MR) is 161 cm³/mol. The molecule has 0 aliphatic carbocycles. The first-order valence-electron chi connectivity index (χ1n) is 14.7. The van der Waals surface area contributed by atoms with E-state index in [9.17, 15) is 30.1 Å². The van der Waals surface area contributed by atoms with Gasteiger partial charge in [0.2, 0.25) is 6.54 Å².